The van der Waals surface area contributed by atoms with E-state index in [1.165, 1.54) is 0 Å². The van der Waals surface area contributed by atoms with Gasteiger partial charge >= 0.3 is 5.97 Å². The lowest BCUT2D eigenvalue weighted by Crippen LogP contribution is -2.36. The van der Waals surface area contributed by atoms with Gasteiger partial charge < -0.3 is 20.5 Å². The van der Waals surface area contributed by atoms with Crippen LogP contribution in [0.1, 0.15) is 12.8 Å². The number of nitrogens with two attached hydrogens (primary N) is 1. The average Bonchev–Trinajstić information content (AvgIpc) is 2.39. The second-order valence-corrected chi connectivity index (χ2v) is 4.89. The molecule has 0 radical (unpaired) electrons. The zero-order valence-electron chi connectivity index (χ0n) is 10.9. The molecule has 1 aromatic rings. The third kappa shape index (κ3) is 3.86. The Morgan fingerprint density at radius 1 is 1.37 bits per heavy atom. The van der Waals surface area contributed by atoms with Crippen molar-refractivity contribution in [1.29, 1.82) is 0 Å². The van der Waals surface area contributed by atoms with E-state index in [2.05, 4.69) is 0 Å². The number of ether oxygens (including phenoxy) is 1. The van der Waals surface area contributed by atoms with E-state index in [0.29, 0.717) is 18.2 Å². The molecule has 0 aromatic heterocycles. The van der Waals surface area contributed by atoms with Crippen molar-refractivity contribution >= 4 is 17.3 Å². The van der Waals surface area contributed by atoms with Gasteiger partial charge in [0, 0.05) is 19.8 Å². The number of benzene rings is 1. The predicted octanol–water partition coefficient (Wildman–Crippen LogP) is 1.59. The second-order valence-electron chi connectivity index (χ2n) is 4.89. The van der Waals surface area contributed by atoms with Crippen LogP contribution in [0, 0.1) is 5.92 Å². The highest BCUT2D eigenvalue weighted by Gasteiger charge is 2.20. The number of carbonyl (C=O) groups is 1. The van der Waals surface area contributed by atoms with Crippen LogP contribution < -0.4 is 10.6 Å². The highest BCUT2D eigenvalue weighted by molar-refractivity contribution is 5.77. The topological polar surface area (TPSA) is 75.8 Å². The Morgan fingerprint density at radius 2 is 2.05 bits per heavy atom. The van der Waals surface area contributed by atoms with Crippen LogP contribution in [0.15, 0.2) is 24.3 Å². The average molecular weight is 264 g/mol. The third-order valence-electron chi connectivity index (χ3n) is 3.42. The summed E-state index contributed by atoms with van der Waals surface area (Å²) in [5, 5.41) is 9.06. The first-order valence-electron chi connectivity index (χ1n) is 6.56. The summed E-state index contributed by atoms with van der Waals surface area (Å²) in [7, 11) is 0. The lowest BCUT2D eigenvalue weighted by Gasteiger charge is -2.31. The lowest BCUT2D eigenvalue weighted by molar-refractivity contribution is -0.135. The van der Waals surface area contributed by atoms with Gasteiger partial charge in [0.25, 0.3) is 0 Å². The Morgan fingerprint density at radius 3 is 2.68 bits per heavy atom. The third-order valence-corrected chi connectivity index (χ3v) is 3.42. The molecule has 104 valence electrons. The van der Waals surface area contributed by atoms with Gasteiger partial charge in [0.05, 0.1) is 11.4 Å². The smallest absolute Gasteiger partial charge is 0.323 e. The number of hydrogen-bond donors (Lipinski definition) is 2. The summed E-state index contributed by atoms with van der Waals surface area (Å²) >= 11 is 0. The molecule has 1 heterocycles. The van der Waals surface area contributed by atoms with E-state index in [9.17, 15) is 4.79 Å². The number of carboxylic acids is 1. The molecule has 1 aliphatic heterocycles. The first kappa shape index (κ1) is 13.7. The normalized spacial score (nSPS) is 16.2. The number of aliphatic carboxylic acids is 1. The van der Waals surface area contributed by atoms with E-state index in [1.54, 1.807) is 6.07 Å². The number of nitrogens with zero attached hydrogens (tertiary/aromatic N) is 1. The standard InChI is InChI=1S/C14H20N2O3/c15-12-3-1-2-4-13(12)16(10-14(17)18)9-11-5-7-19-8-6-11/h1-4,11H,5-10,15H2,(H,17,18). The minimum atomic E-state index is -0.838. The molecule has 0 spiro atoms. The van der Waals surface area contributed by atoms with E-state index in [-0.39, 0.29) is 6.54 Å². The number of nitrogen functional groups attached to an aromatic ring is 1. The van der Waals surface area contributed by atoms with Crippen molar-refractivity contribution in [2.75, 3.05) is 36.9 Å². The monoisotopic (exact) mass is 264 g/mol. The first-order chi connectivity index (χ1) is 9.16. The molecule has 1 aliphatic rings. The van der Waals surface area contributed by atoms with Crippen molar-refractivity contribution in [2.24, 2.45) is 5.92 Å². The molecule has 3 N–H and O–H groups in total. The van der Waals surface area contributed by atoms with Gasteiger partial charge in [-0.3, -0.25) is 4.79 Å². The maximum Gasteiger partial charge on any atom is 0.323 e. The summed E-state index contributed by atoms with van der Waals surface area (Å²) in [6, 6.07) is 7.41. The Hall–Kier alpha value is -1.75. The summed E-state index contributed by atoms with van der Waals surface area (Å²) in [6.45, 7) is 2.21. The highest BCUT2D eigenvalue weighted by Crippen LogP contribution is 2.25. The molecular formula is C14H20N2O3. The second kappa shape index (κ2) is 6.43. The van der Waals surface area contributed by atoms with Crippen molar-refractivity contribution in [3.8, 4) is 0 Å². The fourth-order valence-electron chi connectivity index (χ4n) is 2.43. The fourth-order valence-corrected chi connectivity index (χ4v) is 2.43. The SMILES string of the molecule is Nc1ccccc1N(CC(=O)O)CC1CCOCC1. The van der Waals surface area contributed by atoms with Crippen molar-refractivity contribution in [1.82, 2.24) is 0 Å². The maximum absolute atomic E-state index is 11.0. The minimum Gasteiger partial charge on any atom is -0.480 e. The molecule has 0 amide bonds. The Bertz CT molecular complexity index is 430. The Balaban J connectivity index is 2.11. The van der Waals surface area contributed by atoms with Crippen LogP contribution >= 0.6 is 0 Å². The first-order valence-corrected chi connectivity index (χ1v) is 6.56. The van der Waals surface area contributed by atoms with Crippen molar-refractivity contribution < 1.29 is 14.6 Å². The molecule has 0 unspecified atom stereocenters. The molecule has 0 atom stereocenters. The molecule has 2 rings (SSSR count). The molecule has 1 fully saturated rings. The molecule has 0 saturated carbocycles. The molecular weight excluding hydrogens is 244 g/mol. The number of rotatable bonds is 5. The Kier molecular flexibility index (Phi) is 4.63. The quantitative estimate of drug-likeness (QED) is 0.790. The zero-order valence-corrected chi connectivity index (χ0v) is 10.9. The predicted molar refractivity (Wildman–Crippen MR) is 74.2 cm³/mol. The summed E-state index contributed by atoms with van der Waals surface area (Å²) < 4.78 is 5.33. The maximum atomic E-state index is 11.0. The number of para-hydroxylation sites is 2. The van der Waals surface area contributed by atoms with Gasteiger partial charge in [-0.25, -0.2) is 0 Å². The van der Waals surface area contributed by atoms with E-state index in [1.807, 2.05) is 23.1 Å². The fraction of sp³-hybridized carbons (Fsp3) is 0.500. The van der Waals surface area contributed by atoms with E-state index in [0.717, 1.165) is 31.7 Å². The van der Waals surface area contributed by atoms with Crippen LogP contribution in [0.4, 0.5) is 11.4 Å². The molecule has 1 saturated heterocycles. The van der Waals surface area contributed by atoms with Crippen molar-refractivity contribution in [3.63, 3.8) is 0 Å². The summed E-state index contributed by atoms with van der Waals surface area (Å²) in [6.07, 6.45) is 1.95. The molecule has 1 aromatic carbocycles. The number of hydrogen-bond acceptors (Lipinski definition) is 4. The van der Waals surface area contributed by atoms with Gasteiger partial charge in [0.15, 0.2) is 0 Å². The van der Waals surface area contributed by atoms with Crippen LogP contribution in [0.3, 0.4) is 0 Å². The Labute approximate surface area is 113 Å². The van der Waals surface area contributed by atoms with E-state index >= 15 is 0 Å². The summed E-state index contributed by atoms with van der Waals surface area (Å²) in [4.78, 5) is 12.9. The summed E-state index contributed by atoms with van der Waals surface area (Å²) in [5.74, 6) is -0.372. The molecule has 0 aliphatic carbocycles. The van der Waals surface area contributed by atoms with Gasteiger partial charge in [0.2, 0.25) is 0 Å². The summed E-state index contributed by atoms with van der Waals surface area (Å²) in [5.41, 5.74) is 7.37. The van der Waals surface area contributed by atoms with Gasteiger partial charge in [-0.15, -0.1) is 0 Å². The van der Waals surface area contributed by atoms with Gasteiger partial charge in [0.1, 0.15) is 6.54 Å². The van der Waals surface area contributed by atoms with Crippen molar-refractivity contribution in [2.45, 2.75) is 12.8 Å². The van der Waals surface area contributed by atoms with Gasteiger partial charge in [-0.1, -0.05) is 12.1 Å². The van der Waals surface area contributed by atoms with E-state index < -0.39 is 5.97 Å². The van der Waals surface area contributed by atoms with Crippen LogP contribution in [-0.2, 0) is 9.53 Å². The van der Waals surface area contributed by atoms with E-state index in [4.69, 9.17) is 15.6 Å². The van der Waals surface area contributed by atoms with Crippen LogP contribution in [0.25, 0.3) is 0 Å². The minimum absolute atomic E-state index is 0.0223. The lowest BCUT2D eigenvalue weighted by atomic mass is 9.99. The van der Waals surface area contributed by atoms with Crippen LogP contribution in [-0.4, -0.2) is 37.4 Å². The van der Waals surface area contributed by atoms with Crippen LogP contribution in [0.2, 0.25) is 0 Å². The number of anilines is 2. The van der Waals surface area contributed by atoms with Crippen LogP contribution in [0.5, 0.6) is 0 Å². The zero-order chi connectivity index (χ0) is 13.7. The highest BCUT2D eigenvalue weighted by atomic mass is 16.5. The largest absolute Gasteiger partial charge is 0.480 e. The molecule has 19 heavy (non-hydrogen) atoms. The molecule has 0 bridgehead atoms. The molecule has 5 nitrogen and oxygen atoms in total. The molecule has 5 heteroatoms. The number of carboxylic acid groups (broad SMARTS) is 1. The van der Waals surface area contributed by atoms with Crippen molar-refractivity contribution in [3.05, 3.63) is 24.3 Å². The van der Waals surface area contributed by atoms with Gasteiger partial charge in [-0.2, -0.15) is 0 Å². The van der Waals surface area contributed by atoms with Gasteiger partial charge in [-0.05, 0) is 30.9 Å².